The fraction of sp³-hybridized carbons (Fsp3) is 0. The Morgan fingerprint density at radius 1 is 0.938 bits per heavy atom. The molecule has 0 spiro atoms. The number of H-pyrrole nitrogens is 1. The molecule has 1 nitrogen and oxygen atoms in total. The number of rotatable bonds is 0. The fourth-order valence-corrected chi connectivity index (χ4v) is 4.43. The Hall–Kier alpha value is -1.29. The van der Waals surface area contributed by atoms with Crippen LogP contribution in [0.3, 0.4) is 0 Å². The molecule has 2 heteroatoms. The molecular formula is C14H9IN-. The number of nitrogens with one attached hydrogen (secondary N) is 1. The van der Waals surface area contributed by atoms with E-state index in [0.717, 1.165) is 0 Å². The minimum absolute atomic E-state index is 0.117. The molecule has 0 fully saturated rings. The van der Waals surface area contributed by atoms with Crippen molar-refractivity contribution in [3.63, 3.8) is 0 Å². The van der Waals surface area contributed by atoms with E-state index in [1.54, 1.807) is 0 Å². The van der Waals surface area contributed by atoms with Crippen LogP contribution in [0.2, 0.25) is 0 Å². The molecule has 0 aliphatic carbocycles. The number of hydrogen-bond donors (Lipinski definition) is 1. The molecule has 1 aliphatic heterocycles. The average Bonchev–Trinajstić information content (AvgIpc) is 2.92. The number of aromatic nitrogens is 1. The summed E-state index contributed by atoms with van der Waals surface area (Å²) in [4.78, 5) is 3.54. The monoisotopic (exact) mass is 318 g/mol. The third-order valence-corrected chi connectivity index (χ3v) is 5.41. The Labute approximate surface area is 103 Å². The van der Waals surface area contributed by atoms with Crippen LogP contribution < -0.4 is 21.2 Å². The summed E-state index contributed by atoms with van der Waals surface area (Å²) >= 11 is 0.117. The SMILES string of the molecule is C1=Cc2c(ccc3c2[nH]c2ccccc23)[I-]1. The van der Waals surface area contributed by atoms with Crippen LogP contribution >= 0.6 is 0 Å². The van der Waals surface area contributed by atoms with Gasteiger partial charge in [-0.1, -0.05) is 0 Å². The maximum absolute atomic E-state index is 3.54. The van der Waals surface area contributed by atoms with Gasteiger partial charge in [-0.2, -0.15) is 0 Å². The van der Waals surface area contributed by atoms with Gasteiger partial charge in [-0.05, 0) is 0 Å². The number of para-hydroxylation sites is 1. The van der Waals surface area contributed by atoms with Gasteiger partial charge in [0.05, 0.1) is 0 Å². The quantitative estimate of drug-likeness (QED) is 0.583. The molecule has 0 saturated heterocycles. The van der Waals surface area contributed by atoms with Crippen molar-refractivity contribution in [1.29, 1.82) is 0 Å². The van der Waals surface area contributed by atoms with E-state index in [1.165, 1.54) is 30.9 Å². The average molecular weight is 318 g/mol. The molecule has 2 aromatic carbocycles. The molecule has 78 valence electrons. The second-order valence-corrected chi connectivity index (χ2v) is 6.46. The molecule has 0 radical (unpaired) electrons. The Bertz CT molecular complexity index is 737. The van der Waals surface area contributed by atoms with Gasteiger partial charge in [0.25, 0.3) is 0 Å². The third kappa shape index (κ3) is 1.05. The number of benzene rings is 2. The number of fused-ring (bicyclic) bond motifs is 5. The van der Waals surface area contributed by atoms with Crippen molar-refractivity contribution < 1.29 is 21.2 Å². The van der Waals surface area contributed by atoms with Crippen LogP contribution in [-0.4, -0.2) is 4.98 Å². The normalized spacial score (nSPS) is 14.2. The van der Waals surface area contributed by atoms with Gasteiger partial charge in [0, 0.05) is 0 Å². The molecule has 0 unspecified atom stereocenters. The second-order valence-electron chi connectivity index (χ2n) is 3.96. The van der Waals surface area contributed by atoms with Crippen molar-refractivity contribution in [2.75, 3.05) is 0 Å². The topological polar surface area (TPSA) is 15.8 Å². The molecule has 0 saturated carbocycles. The van der Waals surface area contributed by atoms with E-state index < -0.39 is 0 Å². The number of hydrogen-bond acceptors (Lipinski definition) is 0. The molecule has 0 atom stereocenters. The van der Waals surface area contributed by atoms with Gasteiger partial charge in [-0.3, -0.25) is 0 Å². The van der Waals surface area contributed by atoms with E-state index in [-0.39, 0.29) is 21.2 Å². The van der Waals surface area contributed by atoms with Crippen LogP contribution in [-0.2, 0) is 0 Å². The summed E-state index contributed by atoms with van der Waals surface area (Å²) < 4.78 is 3.88. The first kappa shape index (κ1) is 8.82. The molecule has 4 rings (SSSR count). The Morgan fingerprint density at radius 2 is 1.88 bits per heavy atom. The van der Waals surface area contributed by atoms with E-state index in [2.05, 4.69) is 51.5 Å². The van der Waals surface area contributed by atoms with E-state index in [9.17, 15) is 0 Å². The predicted octanol–water partition coefficient (Wildman–Crippen LogP) is 0.564. The molecule has 1 aliphatic rings. The summed E-state index contributed by atoms with van der Waals surface area (Å²) in [5, 5.41) is 2.68. The van der Waals surface area contributed by atoms with Crippen molar-refractivity contribution in [2.45, 2.75) is 0 Å². The van der Waals surface area contributed by atoms with Gasteiger partial charge in [0.15, 0.2) is 0 Å². The molecular weight excluding hydrogens is 309 g/mol. The Morgan fingerprint density at radius 3 is 2.88 bits per heavy atom. The summed E-state index contributed by atoms with van der Waals surface area (Å²) in [6.07, 6.45) is 2.28. The number of aromatic amines is 1. The maximum atomic E-state index is 3.54. The van der Waals surface area contributed by atoms with Gasteiger partial charge in [-0.15, -0.1) is 0 Å². The van der Waals surface area contributed by atoms with Gasteiger partial charge in [0.2, 0.25) is 0 Å². The van der Waals surface area contributed by atoms with Crippen LogP contribution in [0.4, 0.5) is 0 Å². The molecule has 1 aromatic heterocycles. The van der Waals surface area contributed by atoms with Crippen molar-refractivity contribution in [2.24, 2.45) is 0 Å². The zero-order valence-corrected chi connectivity index (χ0v) is 10.7. The fourth-order valence-electron chi connectivity index (χ4n) is 2.34. The van der Waals surface area contributed by atoms with Crippen molar-refractivity contribution >= 4 is 27.9 Å². The zero-order valence-electron chi connectivity index (χ0n) is 8.50. The zero-order chi connectivity index (χ0) is 10.5. The van der Waals surface area contributed by atoms with Crippen molar-refractivity contribution in [3.8, 4) is 0 Å². The van der Waals surface area contributed by atoms with Crippen LogP contribution in [0.1, 0.15) is 5.56 Å². The van der Waals surface area contributed by atoms with E-state index in [0.29, 0.717) is 0 Å². The van der Waals surface area contributed by atoms with Crippen LogP contribution in [0.25, 0.3) is 27.9 Å². The molecule has 0 bridgehead atoms. The Kier molecular flexibility index (Phi) is 1.71. The first-order valence-electron chi connectivity index (χ1n) is 5.27. The first-order valence-corrected chi connectivity index (χ1v) is 7.59. The number of halogens is 1. The minimum atomic E-state index is 0.117. The summed E-state index contributed by atoms with van der Waals surface area (Å²) in [6.45, 7) is 0. The summed E-state index contributed by atoms with van der Waals surface area (Å²) in [5.41, 5.74) is 3.97. The molecule has 2 heterocycles. The second kappa shape index (κ2) is 3.10. The standard InChI is InChI=1S/C14H9IN/c1-2-4-13-9(3-1)10-5-6-12-11(7-8-15-12)14(10)16-13/h1-8,16H/q-1. The van der Waals surface area contributed by atoms with Crippen molar-refractivity contribution in [1.82, 2.24) is 4.98 Å². The van der Waals surface area contributed by atoms with Gasteiger partial charge in [-0.25, -0.2) is 0 Å². The van der Waals surface area contributed by atoms with Gasteiger partial charge < -0.3 is 0 Å². The van der Waals surface area contributed by atoms with Crippen LogP contribution in [0, 0.1) is 3.57 Å². The predicted molar refractivity (Wildman–Crippen MR) is 63.5 cm³/mol. The van der Waals surface area contributed by atoms with Crippen molar-refractivity contribution in [3.05, 3.63) is 49.6 Å². The van der Waals surface area contributed by atoms with Gasteiger partial charge in [0.1, 0.15) is 0 Å². The summed E-state index contributed by atoms with van der Waals surface area (Å²) in [7, 11) is 0. The van der Waals surface area contributed by atoms with E-state index in [4.69, 9.17) is 0 Å². The van der Waals surface area contributed by atoms with Crippen LogP contribution in [0.5, 0.6) is 0 Å². The Balaban J connectivity index is 2.28. The third-order valence-electron chi connectivity index (χ3n) is 3.08. The van der Waals surface area contributed by atoms with Gasteiger partial charge >= 0.3 is 104 Å². The van der Waals surface area contributed by atoms with E-state index >= 15 is 0 Å². The molecule has 3 aromatic rings. The molecule has 0 amide bonds. The molecule has 16 heavy (non-hydrogen) atoms. The summed E-state index contributed by atoms with van der Waals surface area (Å²) in [5.74, 6) is 0. The van der Waals surface area contributed by atoms with Crippen LogP contribution in [0.15, 0.2) is 40.5 Å². The van der Waals surface area contributed by atoms with E-state index in [1.807, 2.05) is 0 Å². The summed E-state index contributed by atoms with van der Waals surface area (Å²) in [6, 6.07) is 13.1. The first-order chi connectivity index (χ1) is 7.93. The molecule has 1 N–H and O–H groups in total.